The highest BCUT2D eigenvalue weighted by Gasteiger charge is 2.27. The molecule has 1 saturated heterocycles. The molecule has 4 aromatic rings. The highest BCUT2D eigenvalue weighted by molar-refractivity contribution is 6.01. The third kappa shape index (κ3) is 4.80. The van der Waals surface area contributed by atoms with Crippen LogP contribution in [0, 0.1) is 12.8 Å². The average Bonchev–Trinajstić information content (AvgIpc) is 3.60. The molecule has 2 aliphatic rings. The molecule has 0 spiro atoms. The van der Waals surface area contributed by atoms with E-state index in [2.05, 4.69) is 36.3 Å². The van der Waals surface area contributed by atoms with Crippen molar-refractivity contribution < 1.29 is 9.21 Å². The predicted molar refractivity (Wildman–Crippen MR) is 138 cm³/mol. The number of rotatable bonds is 6. The minimum absolute atomic E-state index is 0.287. The van der Waals surface area contributed by atoms with Gasteiger partial charge in [-0.05, 0) is 63.0 Å². The first-order chi connectivity index (χ1) is 18.1. The number of carbonyl (C=O) groups is 1. The lowest BCUT2D eigenvalue weighted by atomic mass is 9.89. The largest absolute Gasteiger partial charge is 0.448 e. The van der Waals surface area contributed by atoms with Crippen LogP contribution in [0.1, 0.15) is 34.7 Å². The molecular formula is C27H26N8O2. The van der Waals surface area contributed by atoms with Crippen LogP contribution in [0.25, 0.3) is 5.65 Å². The molecule has 0 atom stereocenters. The van der Waals surface area contributed by atoms with Gasteiger partial charge in [0, 0.05) is 23.8 Å². The molecule has 1 N–H and O–H groups in total. The standard InChI is InChI=1S/C27H26N8O2/c1-19-3-5-22(6-4-19)35-24(32-27(36)23-17-30-34-11-2-9-29-26(23)34)15-21(16-31-35)20-7-12-33(13-8-20)18-25-28-10-14-37-25/h2-6,9-11,14-15,17,20H,7-8,12-13,18H2,1H3,(H,32,36). The van der Waals surface area contributed by atoms with E-state index in [4.69, 9.17) is 4.42 Å². The molecule has 0 radical (unpaired) electrons. The molecule has 6 rings (SSSR count). The van der Waals surface area contributed by atoms with Crippen LogP contribution in [0.15, 0.2) is 88.4 Å². The molecule has 3 aromatic heterocycles. The first kappa shape index (κ1) is 22.9. The zero-order valence-corrected chi connectivity index (χ0v) is 20.4. The van der Waals surface area contributed by atoms with E-state index in [1.54, 1.807) is 40.4 Å². The summed E-state index contributed by atoms with van der Waals surface area (Å²) in [7, 11) is 0. The number of hydrogen-bond donors (Lipinski definition) is 1. The van der Waals surface area contributed by atoms with Gasteiger partial charge < -0.3 is 9.73 Å². The van der Waals surface area contributed by atoms with Crippen LogP contribution in [-0.4, -0.2) is 49.3 Å². The molecule has 0 unspecified atom stereocenters. The summed E-state index contributed by atoms with van der Waals surface area (Å²) in [5, 5.41) is 13.6. The van der Waals surface area contributed by atoms with Gasteiger partial charge in [0.2, 0.25) is 5.89 Å². The van der Waals surface area contributed by atoms with Crippen LogP contribution in [0.4, 0.5) is 5.69 Å². The van der Waals surface area contributed by atoms with Gasteiger partial charge in [-0.1, -0.05) is 17.7 Å². The van der Waals surface area contributed by atoms with E-state index in [1.165, 1.54) is 6.20 Å². The van der Waals surface area contributed by atoms with Crippen LogP contribution in [0.5, 0.6) is 0 Å². The van der Waals surface area contributed by atoms with Crippen LogP contribution in [0.3, 0.4) is 0 Å². The number of oxazole rings is 1. The molecule has 37 heavy (non-hydrogen) atoms. The molecule has 0 bridgehead atoms. The number of carbonyl (C=O) groups excluding carboxylic acids is 1. The normalized spacial score (nSPS) is 16.6. The Labute approximate surface area is 213 Å². The minimum Gasteiger partial charge on any atom is -0.448 e. The quantitative estimate of drug-likeness (QED) is 0.437. The maximum absolute atomic E-state index is 13.3. The van der Waals surface area contributed by atoms with Crippen LogP contribution in [0.2, 0.25) is 0 Å². The number of anilines is 1. The van der Waals surface area contributed by atoms with Gasteiger partial charge in [0.25, 0.3) is 5.91 Å². The van der Waals surface area contributed by atoms with Gasteiger partial charge in [0.1, 0.15) is 17.6 Å². The molecule has 0 aliphatic carbocycles. The first-order valence-corrected chi connectivity index (χ1v) is 12.3. The molecule has 0 saturated carbocycles. The van der Waals surface area contributed by atoms with Gasteiger partial charge in [0.15, 0.2) is 5.65 Å². The number of hydrogen-bond acceptors (Lipinski definition) is 8. The van der Waals surface area contributed by atoms with Crippen LogP contribution >= 0.6 is 0 Å². The summed E-state index contributed by atoms with van der Waals surface area (Å²) in [4.78, 5) is 24.2. The lowest BCUT2D eigenvalue weighted by Crippen LogP contribution is -2.36. The zero-order valence-electron chi connectivity index (χ0n) is 20.4. The Morgan fingerprint density at radius 3 is 2.78 bits per heavy atom. The minimum atomic E-state index is -0.297. The monoisotopic (exact) mass is 494 g/mol. The third-order valence-corrected chi connectivity index (χ3v) is 6.71. The number of nitrogens with zero attached hydrogens (tertiary/aromatic N) is 7. The predicted octanol–water partition coefficient (Wildman–Crippen LogP) is 3.54. The van der Waals surface area contributed by atoms with Crippen molar-refractivity contribution in [1.29, 1.82) is 0 Å². The summed E-state index contributed by atoms with van der Waals surface area (Å²) in [5.41, 5.74) is 3.85. The molecule has 10 heteroatoms. The lowest BCUT2D eigenvalue weighted by molar-refractivity contribution is 0.0966. The molecule has 10 nitrogen and oxygen atoms in total. The van der Waals surface area contributed by atoms with E-state index in [1.807, 2.05) is 37.3 Å². The Balaban J connectivity index is 1.24. The van der Waals surface area contributed by atoms with Crippen molar-refractivity contribution in [3.8, 4) is 0 Å². The number of allylic oxidation sites excluding steroid dienone is 2. The number of aromatic nitrogens is 4. The van der Waals surface area contributed by atoms with E-state index < -0.39 is 0 Å². The average molecular weight is 495 g/mol. The number of hydrazone groups is 1. The number of benzene rings is 1. The number of fused-ring (bicyclic) bond motifs is 1. The molecule has 5 heterocycles. The van der Waals surface area contributed by atoms with Gasteiger partial charge in [-0.15, -0.1) is 5.10 Å². The summed E-state index contributed by atoms with van der Waals surface area (Å²) in [5.74, 6) is 4.54. The van der Waals surface area contributed by atoms with Crippen molar-refractivity contribution in [1.82, 2.24) is 29.8 Å². The number of amides is 1. The zero-order chi connectivity index (χ0) is 25.2. The summed E-state index contributed by atoms with van der Waals surface area (Å²) in [6.07, 6.45) is 12.1. The Morgan fingerprint density at radius 2 is 2.00 bits per heavy atom. The highest BCUT2D eigenvalue weighted by atomic mass is 16.3. The number of aryl methyl sites for hydroxylation is 1. The fourth-order valence-electron chi connectivity index (χ4n) is 4.68. The van der Waals surface area contributed by atoms with Gasteiger partial charge in [-0.3, -0.25) is 9.69 Å². The third-order valence-electron chi connectivity index (χ3n) is 6.71. The van der Waals surface area contributed by atoms with Crippen LogP contribution < -0.4 is 10.3 Å². The van der Waals surface area contributed by atoms with E-state index in [-0.39, 0.29) is 11.8 Å². The van der Waals surface area contributed by atoms with Crippen molar-refractivity contribution in [2.75, 3.05) is 18.1 Å². The fraction of sp³-hybridized carbons (Fsp3) is 0.259. The SMILES string of the molecule is Cc1ccc(N2N=C=C(C3CCN(Cc4ncco4)CC3)C=C2NC(=O)c2cnn3cccnc23)cc1. The second-order valence-corrected chi connectivity index (χ2v) is 9.22. The Kier molecular flexibility index (Phi) is 6.10. The lowest BCUT2D eigenvalue weighted by Gasteiger charge is -2.32. The van der Waals surface area contributed by atoms with E-state index in [0.29, 0.717) is 23.6 Å². The molecule has 1 fully saturated rings. The van der Waals surface area contributed by atoms with Crippen molar-refractivity contribution >= 4 is 23.1 Å². The smallest absolute Gasteiger partial charge is 0.262 e. The Morgan fingerprint density at radius 1 is 1.16 bits per heavy atom. The van der Waals surface area contributed by atoms with Gasteiger partial charge >= 0.3 is 0 Å². The Bertz CT molecular complexity index is 1510. The highest BCUT2D eigenvalue weighted by Crippen LogP contribution is 2.29. The maximum Gasteiger partial charge on any atom is 0.262 e. The van der Waals surface area contributed by atoms with Crippen LogP contribution in [-0.2, 0) is 6.54 Å². The second-order valence-electron chi connectivity index (χ2n) is 9.22. The second kappa shape index (κ2) is 9.85. The van der Waals surface area contributed by atoms with Crippen molar-refractivity contribution in [2.45, 2.75) is 26.3 Å². The van der Waals surface area contributed by atoms with Crippen molar-refractivity contribution in [3.63, 3.8) is 0 Å². The summed E-state index contributed by atoms with van der Waals surface area (Å²) in [6.45, 7) is 4.58. The molecule has 186 valence electrons. The Hall–Kier alpha value is -4.53. The van der Waals surface area contributed by atoms with Crippen molar-refractivity contribution in [2.24, 2.45) is 11.0 Å². The molecular weight excluding hydrogens is 468 g/mol. The molecule has 1 aromatic carbocycles. The summed E-state index contributed by atoms with van der Waals surface area (Å²) >= 11 is 0. The number of piperidine rings is 1. The van der Waals surface area contributed by atoms with Gasteiger partial charge in [-0.25, -0.2) is 19.5 Å². The van der Waals surface area contributed by atoms with Gasteiger partial charge in [-0.2, -0.15) is 5.10 Å². The summed E-state index contributed by atoms with van der Waals surface area (Å²) in [6, 6.07) is 9.75. The number of nitrogens with one attached hydrogen (secondary N) is 1. The number of likely N-dealkylation sites (tertiary alicyclic amines) is 1. The van der Waals surface area contributed by atoms with E-state index in [9.17, 15) is 4.79 Å². The van der Waals surface area contributed by atoms with Gasteiger partial charge in [0.05, 0.1) is 24.6 Å². The maximum atomic E-state index is 13.3. The van der Waals surface area contributed by atoms with Crippen molar-refractivity contribution in [3.05, 3.63) is 95.9 Å². The molecule has 1 amide bonds. The fourth-order valence-corrected chi connectivity index (χ4v) is 4.68. The topological polar surface area (TPSA) is 104 Å². The van der Waals surface area contributed by atoms with E-state index in [0.717, 1.165) is 48.6 Å². The van der Waals surface area contributed by atoms with E-state index >= 15 is 0 Å². The first-order valence-electron chi connectivity index (χ1n) is 12.3. The summed E-state index contributed by atoms with van der Waals surface area (Å²) < 4.78 is 6.98. The molecule has 2 aliphatic heterocycles.